The highest BCUT2D eigenvalue weighted by Gasteiger charge is 2.12. The molecule has 102 valence electrons. The van der Waals surface area contributed by atoms with Crippen molar-refractivity contribution in [3.05, 3.63) is 58.9 Å². The van der Waals surface area contributed by atoms with Crippen molar-refractivity contribution in [2.45, 2.75) is 19.9 Å². The van der Waals surface area contributed by atoms with Crippen LogP contribution in [0, 0.1) is 0 Å². The van der Waals surface area contributed by atoms with Crippen molar-refractivity contribution < 1.29 is 5.11 Å². The molecule has 3 nitrogen and oxygen atoms in total. The monoisotopic (exact) mass is 286 g/mol. The number of aromatic hydroxyl groups is 1. The lowest BCUT2D eigenvalue weighted by atomic mass is 10.1. The van der Waals surface area contributed by atoms with Crippen molar-refractivity contribution in [3.8, 4) is 5.75 Å². The Morgan fingerprint density at radius 2 is 1.90 bits per heavy atom. The van der Waals surface area contributed by atoms with Gasteiger partial charge in [0.1, 0.15) is 11.6 Å². The van der Waals surface area contributed by atoms with Gasteiger partial charge in [-0.3, -0.25) is 0 Å². The summed E-state index contributed by atoms with van der Waals surface area (Å²) in [6.45, 7) is 2.92. The Labute approximate surface area is 122 Å². The molecule has 0 aliphatic heterocycles. The van der Waals surface area contributed by atoms with E-state index in [1.807, 2.05) is 30.3 Å². The van der Waals surface area contributed by atoms with Crippen molar-refractivity contribution >= 4 is 22.6 Å². The van der Waals surface area contributed by atoms with E-state index in [2.05, 4.69) is 16.5 Å². The molecule has 20 heavy (non-hydrogen) atoms. The number of hydrogen-bond acceptors (Lipinski definition) is 2. The second-order valence-electron chi connectivity index (χ2n) is 4.72. The lowest BCUT2D eigenvalue weighted by molar-refractivity contribution is 0.475. The zero-order valence-corrected chi connectivity index (χ0v) is 11.9. The number of aryl methyl sites for hydroxylation is 1. The highest BCUT2D eigenvalue weighted by atomic mass is 35.5. The fourth-order valence-electron chi connectivity index (χ4n) is 2.46. The van der Waals surface area contributed by atoms with Crippen LogP contribution in [0.5, 0.6) is 5.75 Å². The molecule has 0 unspecified atom stereocenters. The van der Waals surface area contributed by atoms with Gasteiger partial charge in [0.25, 0.3) is 0 Å². The van der Waals surface area contributed by atoms with E-state index in [9.17, 15) is 5.11 Å². The molecule has 4 heteroatoms. The summed E-state index contributed by atoms with van der Waals surface area (Å²) in [6, 6.07) is 13.0. The van der Waals surface area contributed by atoms with Gasteiger partial charge in [-0.15, -0.1) is 0 Å². The molecule has 3 rings (SSSR count). The molecule has 1 N–H and O–H groups in total. The van der Waals surface area contributed by atoms with Gasteiger partial charge in [0.15, 0.2) is 0 Å². The van der Waals surface area contributed by atoms with Crippen LogP contribution in [-0.2, 0) is 13.0 Å². The first-order valence-electron chi connectivity index (χ1n) is 6.60. The van der Waals surface area contributed by atoms with Gasteiger partial charge in [-0.1, -0.05) is 29.8 Å². The molecular formula is C16H15ClN2O. The molecule has 1 heterocycles. The summed E-state index contributed by atoms with van der Waals surface area (Å²) in [5.74, 6) is 1.27. The maximum Gasteiger partial charge on any atom is 0.115 e. The van der Waals surface area contributed by atoms with E-state index < -0.39 is 0 Å². The van der Waals surface area contributed by atoms with E-state index >= 15 is 0 Å². The van der Waals surface area contributed by atoms with Crippen molar-refractivity contribution in [1.29, 1.82) is 0 Å². The van der Waals surface area contributed by atoms with E-state index in [1.54, 1.807) is 12.1 Å². The van der Waals surface area contributed by atoms with Crippen LogP contribution in [0.2, 0.25) is 5.02 Å². The second-order valence-corrected chi connectivity index (χ2v) is 5.13. The van der Waals surface area contributed by atoms with E-state index in [4.69, 9.17) is 11.6 Å². The molecular weight excluding hydrogens is 272 g/mol. The molecule has 0 spiro atoms. The third-order valence-corrected chi connectivity index (χ3v) is 3.72. The number of nitrogens with zero attached hydrogens (tertiary/aromatic N) is 2. The summed E-state index contributed by atoms with van der Waals surface area (Å²) in [5, 5.41) is 10.1. The predicted molar refractivity (Wildman–Crippen MR) is 81.3 cm³/mol. The maximum absolute atomic E-state index is 9.34. The maximum atomic E-state index is 9.34. The lowest BCUT2D eigenvalue weighted by Crippen LogP contribution is -2.02. The summed E-state index contributed by atoms with van der Waals surface area (Å²) >= 11 is 6.28. The first-order valence-corrected chi connectivity index (χ1v) is 6.98. The zero-order valence-electron chi connectivity index (χ0n) is 11.2. The van der Waals surface area contributed by atoms with Crippen molar-refractivity contribution in [2.75, 3.05) is 0 Å². The smallest absolute Gasteiger partial charge is 0.115 e. The Kier molecular flexibility index (Phi) is 3.36. The molecule has 0 aliphatic carbocycles. The number of aromatic nitrogens is 2. The first kappa shape index (κ1) is 13.0. The molecule has 0 radical (unpaired) electrons. The number of rotatable bonds is 3. The normalized spacial score (nSPS) is 11.1. The number of phenolic OH excluding ortho intramolecular Hbond substituents is 1. The number of benzene rings is 2. The number of para-hydroxylation sites is 1. The Balaban J connectivity index is 2.07. The predicted octanol–water partition coefficient (Wildman–Crippen LogP) is 4.01. The van der Waals surface area contributed by atoms with Crippen LogP contribution in [0.25, 0.3) is 11.0 Å². The van der Waals surface area contributed by atoms with Gasteiger partial charge in [0.2, 0.25) is 0 Å². The molecule has 1 aromatic heterocycles. The van der Waals surface area contributed by atoms with Crippen molar-refractivity contribution in [3.63, 3.8) is 0 Å². The first-order chi connectivity index (χ1) is 9.69. The molecule has 0 atom stereocenters. The number of phenols is 1. The fourth-order valence-corrected chi connectivity index (χ4v) is 2.73. The van der Waals surface area contributed by atoms with E-state index in [0.29, 0.717) is 0 Å². The number of hydrogen-bond donors (Lipinski definition) is 1. The molecule has 0 bridgehead atoms. The van der Waals surface area contributed by atoms with Crippen molar-refractivity contribution in [2.24, 2.45) is 0 Å². The van der Waals surface area contributed by atoms with Gasteiger partial charge in [0.05, 0.1) is 16.1 Å². The van der Waals surface area contributed by atoms with Gasteiger partial charge in [0, 0.05) is 13.0 Å². The van der Waals surface area contributed by atoms with Crippen LogP contribution in [0.3, 0.4) is 0 Å². The van der Waals surface area contributed by atoms with Crippen LogP contribution >= 0.6 is 11.6 Å². The fraction of sp³-hybridized carbons (Fsp3) is 0.188. The minimum atomic E-state index is 0.279. The average Bonchev–Trinajstić information content (AvgIpc) is 2.80. The number of halogens is 1. The summed E-state index contributed by atoms with van der Waals surface area (Å²) < 4.78 is 2.14. The van der Waals surface area contributed by atoms with Gasteiger partial charge in [-0.25, -0.2) is 4.98 Å². The zero-order chi connectivity index (χ0) is 14.1. The van der Waals surface area contributed by atoms with E-state index in [0.717, 1.165) is 40.4 Å². The average molecular weight is 287 g/mol. The largest absolute Gasteiger partial charge is 0.508 e. The molecule has 0 saturated carbocycles. The standard InChI is InChI=1S/C16H15ClN2O/c1-2-19-15(10-11-6-8-12(20)9-7-11)18-14-5-3-4-13(17)16(14)19/h3-9,20H,2,10H2,1H3. The summed E-state index contributed by atoms with van der Waals surface area (Å²) in [7, 11) is 0. The minimum Gasteiger partial charge on any atom is -0.508 e. The molecule has 0 saturated heterocycles. The quantitative estimate of drug-likeness (QED) is 0.790. The summed E-state index contributed by atoms with van der Waals surface area (Å²) in [5.41, 5.74) is 3.03. The van der Waals surface area contributed by atoms with Crippen LogP contribution in [0.1, 0.15) is 18.3 Å². The Bertz CT molecular complexity index is 747. The Morgan fingerprint density at radius 1 is 1.15 bits per heavy atom. The molecule has 0 amide bonds. The third kappa shape index (κ3) is 2.25. The number of imidazole rings is 1. The van der Waals surface area contributed by atoms with Crippen LogP contribution in [-0.4, -0.2) is 14.7 Å². The van der Waals surface area contributed by atoms with Crippen molar-refractivity contribution in [1.82, 2.24) is 9.55 Å². The van der Waals surface area contributed by atoms with Crippen LogP contribution < -0.4 is 0 Å². The number of fused-ring (bicyclic) bond motifs is 1. The van der Waals surface area contributed by atoms with Gasteiger partial charge >= 0.3 is 0 Å². The van der Waals surface area contributed by atoms with Gasteiger partial charge in [-0.2, -0.15) is 0 Å². The van der Waals surface area contributed by atoms with E-state index in [-0.39, 0.29) is 5.75 Å². The lowest BCUT2D eigenvalue weighted by Gasteiger charge is -2.07. The minimum absolute atomic E-state index is 0.279. The Hall–Kier alpha value is -2.00. The third-order valence-electron chi connectivity index (χ3n) is 3.41. The molecule has 0 aliphatic rings. The molecule has 0 fully saturated rings. The van der Waals surface area contributed by atoms with Crippen LogP contribution in [0.15, 0.2) is 42.5 Å². The molecule has 3 aromatic rings. The van der Waals surface area contributed by atoms with Gasteiger partial charge < -0.3 is 9.67 Å². The summed E-state index contributed by atoms with van der Waals surface area (Å²) in [4.78, 5) is 4.68. The highest BCUT2D eigenvalue weighted by molar-refractivity contribution is 6.35. The Morgan fingerprint density at radius 3 is 2.60 bits per heavy atom. The summed E-state index contributed by atoms with van der Waals surface area (Å²) in [6.07, 6.45) is 0.721. The molecule has 2 aromatic carbocycles. The SMILES string of the molecule is CCn1c(Cc2ccc(O)cc2)nc2cccc(Cl)c21. The second kappa shape index (κ2) is 5.17. The van der Waals surface area contributed by atoms with Gasteiger partial charge in [-0.05, 0) is 36.8 Å². The topological polar surface area (TPSA) is 38.0 Å². The highest BCUT2D eigenvalue weighted by Crippen LogP contribution is 2.25. The van der Waals surface area contributed by atoms with E-state index in [1.165, 1.54) is 0 Å². The van der Waals surface area contributed by atoms with Crippen LogP contribution in [0.4, 0.5) is 0 Å².